The highest BCUT2D eigenvalue weighted by Gasteiger charge is 2.08. The van der Waals surface area contributed by atoms with Crippen LogP contribution in [0.2, 0.25) is 0 Å². The molecule has 0 aliphatic rings. The van der Waals surface area contributed by atoms with E-state index >= 15 is 0 Å². The van der Waals surface area contributed by atoms with Crippen LogP contribution in [0.3, 0.4) is 0 Å². The third kappa shape index (κ3) is 2.94. The first-order valence-corrected chi connectivity index (χ1v) is 6.04. The SMILES string of the molecule is CCCn1ccnc1CNC(C)c1ncc[nH]1. The van der Waals surface area contributed by atoms with Crippen molar-refractivity contribution in [3.05, 3.63) is 36.4 Å². The Morgan fingerprint density at radius 3 is 3.00 bits per heavy atom. The van der Waals surface area contributed by atoms with E-state index in [1.807, 2.05) is 18.6 Å². The zero-order valence-corrected chi connectivity index (χ0v) is 10.3. The maximum absolute atomic E-state index is 4.36. The number of nitrogens with one attached hydrogen (secondary N) is 2. The average molecular weight is 233 g/mol. The summed E-state index contributed by atoms with van der Waals surface area (Å²) in [5, 5.41) is 3.41. The molecule has 0 spiro atoms. The van der Waals surface area contributed by atoms with Gasteiger partial charge in [-0.15, -0.1) is 0 Å². The molecule has 1 unspecified atom stereocenters. The van der Waals surface area contributed by atoms with Gasteiger partial charge < -0.3 is 14.9 Å². The van der Waals surface area contributed by atoms with Gasteiger partial charge in [-0.2, -0.15) is 0 Å². The highest BCUT2D eigenvalue weighted by Crippen LogP contribution is 2.07. The number of hydrogen-bond acceptors (Lipinski definition) is 3. The van der Waals surface area contributed by atoms with Crippen molar-refractivity contribution in [1.29, 1.82) is 0 Å². The van der Waals surface area contributed by atoms with E-state index in [1.165, 1.54) is 0 Å². The first kappa shape index (κ1) is 11.9. The molecule has 0 aliphatic carbocycles. The van der Waals surface area contributed by atoms with Crippen LogP contribution in [-0.2, 0) is 13.1 Å². The van der Waals surface area contributed by atoms with Crippen molar-refractivity contribution in [3.63, 3.8) is 0 Å². The number of H-pyrrole nitrogens is 1. The van der Waals surface area contributed by atoms with Gasteiger partial charge in [-0.3, -0.25) is 0 Å². The van der Waals surface area contributed by atoms with Crippen molar-refractivity contribution < 1.29 is 0 Å². The van der Waals surface area contributed by atoms with Crippen molar-refractivity contribution in [1.82, 2.24) is 24.8 Å². The highest BCUT2D eigenvalue weighted by molar-refractivity contribution is 4.96. The van der Waals surface area contributed by atoms with Gasteiger partial charge in [-0.25, -0.2) is 9.97 Å². The predicted octanol–water partition coefficient (Wildman–Crippen LogP) is 1.87. The van der Waals surface area contributed by atoms with Crippen LogP contribution in [0.25, 0.3) is 0 Å². The van der Waals surface area contributed by atoms with E-state index in [2.05, 4.69) is 38.7 Å². The lowest BCUT2D eigenvalue weighted by molar-refractivity contribution is 0.517. The molecule has 2 aromatic rings. The molecule has 1 atom stereocenters. The second-order valence-corrected chi connectivity index (χ2v) is 4.11. The monoisotopic (exact) mass is 233 g/mol. The van der Waals surface area contributed by atoms with E-state index in [4.69, 9.17) is 0 Å². The molecule has 5 heteroatoms. The maximum Gasteiger partial charge on any atom is 0.122 e. The third-order valence-corrected chi connectivity index (χ3v) is 2.76. The lowest BCUT2D eigenvalue weighted by atomic mass is 10.3. The van der Waals surface area contributed by atoms with E-state index in [9.17, 15) is 0 Å². The van der Waals surface area contributed by atoms with Gasteiger partial charge in [0, 0.05) is 31.3 Å². The van der Waals surface area contributed by atoms with Crippen LogP contribution in [0.1, 0.15) is 38.0 Å². The second-order valence-electron chi connectivity index (χ2n) is 4.11. The zero-order chi connectivity index (χ0) is 12.1. The van der Waals surface area contributed by atoms with Crippen LogP contribution in [0.15, 0.2) is 24.8 Å². The highest BCUT2D eigenvalue weighted by atomic mass is 15.1. The molecule has 0 radical (unpaired) electrons. The Bertz CT molecular complexity index is 431. The molecule has 5 nitrogen and oxygen atoms in total. The Balaban J connectivity index is 1.91. The molecule has 0 aromatic carbocycles. The van der Waals surface area contributed by atoms with Crippen LogP contribution < -0.4 is 5.32 Å². The van der Waals surface area contributed by atoms with E-state index < -0.39 is 0 Å². The molecular weight excluding hydrogens is 214 g/mol. The largest absolute Gasteiger partial charge is 0.347 e. The number of rotatable bonds is 6. The molecule has 92 valence electrons. The standard InChI is InChI=1S/C12H19N5/c1-3-7-17-8-6-13-11(17)9-16-10(2)12-14-4-5-15-12/h4-6,8,10,16H,3,7,9H2,1-2H3,(H,14,15). The number of aromatic amines is 1. The number of nitrogens with zero attached hydrogens (tertiary/aromatic N) is 3. The molecule has 0 saturated carbocycles. The van der Waals surface area contributed by atoms with Gasteiger partial charge in [0.05, 0.1) is 12.6 Å². The van der Waals surface area contributed by atoms with Gasteiger partial charge in [0.15, 0.2) is 0 Å². The number of aryl methyl sites for hydroxylation is 1. The Morgan fingerprint density at radius 1 is 1.41 bits per heavy atom. The summed E-state index contributed by atoms with van der Waals surface area (Å²) >= 11 is 0. The maximum atomic E-state index is 4.36. The summed E-state index contributed by atoms with van der Waals surface area (Å²) in [6, 6.07) is 0.205. The summed E-state index contributed by atoms with van der Waals surface area (Å²) in [6.45, 7) is 6.04. The fraction of sp³-hybridized carbons (Fsp3) is 0.500. The minimum Gasteiger partial charge on any atom is -0.347 e. The molecule has 0 fully saturated rings. The molecule has 0 bridgehead atoms. The first-order chi connectivity index (χ1) is 8.31. The van der Waals surface area contributed by atoms with Crippen molar-refractivity contribution in [2.24, 2.45) is 0 Å². The van der Waals surface area contributed by atoms with E-state index in [1.54, 1.807) is 6.20 Å². The van der Waals surface area contributed by atoms with Gasteiger partial charge >= 0.3 is 0 Å². The molecule has 0 aliphatic heterocycles. The van der Waals surface area contributed by atoms with E-state index in [0.29, 0.717) is 0 Å². The van der Waals surface area contributed by atoms with Gasteiger partial charge in [-0.05, 0) is 13.3 Å². The lowest BCUT2D eigenvalue weighted by Crippen LogP contribution is -2.21. The Labute approximate surface area is 101 Å². The fourth-order valence-electron chi connectivity index (χ4n) is 1.81. The summed E-state index contributed by atoms with van der Waals surface area (Å²) < 4.78 is 2.18. The fourth-order valence-corrected chi connectivity index (χ4v) is 1.81. The lowest BCUT2D eigenvalue weighted by Gasteiger charge is -2.12. The number of hydrogen-bond donors (Lipinski definition) is 2. The third-order valence-electron chi connectivity index (χ3n) is 2.76. The van der Waals surface area contributed by atoms with Crippen LogP contribution in [0, 0.1) is 0 Å². The molecule has 2 aromatic heterocycles. The molecule has 17 heavy (non-hydrogen) atoms. The molecule has 2 N–H and O–H groups in total. The summed E-state index contributed by atoms with van der Waals surface area (Å²) in [6.07, 6.45) is 8.61. The van der Waals surface area contributed by atoms with Gasteiger partial charge in [0.2, 0.25) is 0 Å². The van der Waals surface area contributed by atoms with Crippen molar-refractivity contribution in [2.45, 2.75) is 39.4 Å². The molecular formula is C12H19N5. The van der Waals surface area contributed by atoms with Gasteiger partial charge in [0.1, 0.15) is 11.6 Å². The van der Waals surface area contributed by atoms with Crippen molar-refractivity contribution in [3.8, 4) is 0 Å². The molecule has 0 saturated heterocycles. The Morgan fingerprint density at radius 2 is 2.29 bits per heavy atom. The van der Waals surface area contributed by atoms with Crippen LogP contribution in [0.5, 0.6) is 0 Å². The molecule has 2 heterocycles. The number of aromatic nitrogens is 4. The van der Waals surface area contributed by atoms with Crippen LogP contribution in [-0.4, -0.2) is 19.5 Å². The summed E-state index contributed by atoms with van der Waals surface area (Å²) in [5.41, 5.74) is 0. The zero-order valence-electron chi connectivity index (χ0n) is 10.3. The summed E-state index contributed by atoms with van der Waals surface area (Å²) in [4.78, 5) is 11.7. The quantitative estimate of drug-likeness (QED) is 0.800. The van der Waals surface area contributed by atoms with Crippen LogP contribution >= 0.6 is 0 Å². The van der Waals surface area contributed by atoms with E-state index in [0.717, 1.165) is 31.2 Å². The van der Waals surface area contributed by atoms with Crippen molar-refractivity contribution >= 4 is 0 Å². The minimum absolute atomic E-state index is 0.205. The Kier molecular flexibility index (Phi) is 3.93. The van der Waals surface area contributed by atoms with Crippen LogP contribution in [0.4, 0.5) is 0 Å². The van der Waals surface area contributed by atoms with E-state index in [-0.39, 0.29) is 6.04 Å². The second kappa shape index (κ2) is 5.63. The smallest absolute Gasteiger partial charge is 0.122 e. The van der Waals surface area contributed by atoms with Crippen molar-refractivity contribution in [2.75, 3.05) is 0 Å². The normalized spacial score (nSPS) is 12.8. The topological polar surface area (TPSA) is 58.5 Å². The summed E-state index contributed by atoms with van der Waals surface area (Å²) in [7, 11) is 0. The summed E-state index contributed by atoms with van der Waals surface area (Å²) in [5.74, 6) is 2.03. The molecule has 2 rings (SSSR count). The molecule has 0 amide bonds. The Hall–Kier alpha value is -1.62. The minimum atomic E-state index is 0.205. The van der Waals surface area contributed by atoms with Gasteiger partial charge in [0.25, 0.3) is 0 Å². The first-order valence-electron chi connectivity index (χ1n) is 6.04. The number of imidazole rings is 2. The average Bonchev–Trinajstić information content (AvgIpc) is 2.97. The van der Waals surface area contributed by atoms with Gasteiger partial charge in [-0.1, -0.05) is 6.92 Å². The predicted molar refractivity (Wildman–Crippen MR) is 66.4 cm³/mol.